The van der Waals surface area contributed by atoms with Crippen LogP contribution < -0.4 is 10.5 Å². The van der Waals surface area contributed by atoms with E-state index in [0.717, 1.165) is 37.0 Å². The zero-order valence-electron chi connectivity index (χ0n) is 12.7. The number of pyridine rings is 1. The van der Waals surface area contributed by atoms with Gasteiger partial charge in [-0.1, -0.05) is 37.3 Å². The van der Waals surface area contributed by atoms with Crippen LogP contribution in [0.2, 0.25) is 0 Å². The van der Waals surface area contributed by atoms with Gasteiger partial charge in [0.15, 0.2) is 0 Å². The Bertz CT molecular complexity index is 528. The van der Waals surface area contributed by atoms with Crippen molar-refractivity contribution in [1.82, 2.24) is 4.98 Å². The van der Waals surface area contributed by atoms with E-state index in [4.69, 9.17) is 10.5 Å². The number of benzene rings is 1. The van der Waals surface area contributed by atoms with Crippen molar-refractivity contribution in [3.8, 4) is 5.75 Å². The molecule has 0 spiro atoms. The maximum Gasteiger partial charge on any atom is 0.137 e. The largest absolute Gasteiger partial charge is 0.492 e. The van der Waals surface area contributed by atoms with Gasteiger partial charge in [-0.2, -0.15) is 0 Å². The normalized spacial score (nSPS) is 12.1. The van der Waals surface area contributed by atoms with Crippen molar-refractivity contribution in [3.05, 3.63) is 59.9 Å². The molecule has 0 bridgehead atoms. The molecule has 0 saturated heterocycles. The number of aryl methyl sites for hydroxylation is 1. The fourth-order valence-corrected chi connectivity index (χ4v) is 2.27. The van der Waals surface area contributed by atoms with Crippen LogP contribution in [-0.4, -0.2) is 11.6 Å². The summed E-state index contributed by atoms with van der Waals surface area (Å²) in [5.74, 6) is 0.813. The molecule has 0 aliphatic rings. The van der Waals surface area contributed by atoms with Gasteiger partial charge in [0.2, 0.25) is 0 Å². The van der Waals surface area contributed by atoms with E-state index in [1.54, 1.807) is 6.20 Å². The Morgan fingerprint density at radius 2 is 2.00 bits per heavy atom. The second kappa shape index (κ2) is 8.42. The van der Waals surface area contributed by atoms with Crippen LogP contribution in [0.15, 0.2) is 48.8 Å². The maximum atomic E-state index is 6.26. The molecule has 2 N–H and O–H groups in total. The standard InChI is InChI=1S/C18H24N2O/c1-2-11-21-17-12-16(13-20-14-17)18(19)10-6-9-15-7-4-3-5-8-15/h3-5,7-8,12-14,18H,2,6,9-11,19H2,1H3. The Morgan fingerprint density at radius 3 is 2.76 bits per heavy atom. The van der Waals surface area contributed by atoms with Crippen LogP contribution in [0.5, 0.6) is 5.75 Å². The molecular formula is C18H24N2O. The summed E-state index contributed by atoms with van der Waals surface area (Å²) in [7, 11) is 0. The van der Waals surface area contributed by atoms with Crippen LogP contribution in [0.1, 0.15) is 43.4 Å². The Morgan fingerprint density at radius 1 is 1.19 bits per heavy atom. The van der Waals surface area contributed by atoms with E-state index in [1.807, 2.05) is 18.3 Å². The first-order chi connectivity index (χ1) is 10.3. The zero-order chi connectivity index (χ0) is 14.9. The summed E-state index contributed by atoms with van der Waals surface area (Å²) in [5, 5.41) is 0. The lowest BCUT2D eigenvalue weighted by Crippen LogP contribution is -2.11. The third-order valence-electron chi connectivity index (χ3n) is 3.46. The lowest BCUT2D eigenvalue weighted by atomic mass is 10.0. The van der Waals surface area contributed by atoms with E-state index < -0.39 is 0 Å². The van der Waals surface area contributed by atoms with Crippen LogP contribution in [0.25, 0.3) is 0 Å². The molecule has 3 heteroatoms. The van der Waals surface area contributed by atoms with Crippen LogP contribution in [-0.2, 0) is 6.42 Å². The maximum absolute atomic E-state index is 6.26. The molecule has 1 unspecified atom stereocenters. The number of aromatic nitrogens is 1. The van der Waals surface area contributed by atoms with Gasteiger partial charge in [0, 0.05) is 12.2 Å². The quantitative estimate of drug-likeness (QED) is 0.800. The van der Waals surface area contributed by atoms with Crippen molar-refractivity contribution < 1.29 is 4.74 Å². The molecule has 1 aromatic heterocycles. The Balaban J connectivity index is 1.83. The molecule has 1 atom stereocenters. The lowest BCUT2D eigenvalue weighted by molar-refractivity contribution is 0.315. The van der Waals surface area contributed by atoms with Crippen LogP contribution in [0.4, 0.5) is 0 Å². The number of hydrogen-bond acceptors (Lipinski definition) is 3. The van der Waals surface area contributed by atoms with E-state index in [-0.39, 0.29) is 6.04 Å². The minimum Gasteiger partial charge on any atom is -0.492 e. The molecule has 0 saturated carbocycles. The third-order valence-corrected chi connectivity index (χ3v) is 3.46. The summed E-state index contributed by atoms with van der Waals surface area (Å²) in [5.41, 5.74) is 8.68. The van der Waals surface area contributed by atoms with Crippen molar-refractivity contribution in [1.29, 1.82) is 0 Å². The summed E-state index contributed by atoms with van der Waals surface area (Å²) in [6.45, 7) is 2.81. The van der Waals surface area contributed by atoms with Gasteiger partial charge in [0.1, 0.15) is 5.75 Å². The average molecular weight is 284 g/mol. The highest BCUT2D eigenvalue weighted by Gasteiger charge is 2.08. The summed E-state index contributed by atoms with van der Waals surface area (Å²) in [6.07, 6.45) is 7.67. The number of ether oxygens (including phenoxy) is 1. The molecule has 1 aromatic carbocycles. The summed E-state index contributed by atoms with van der Waals surface area (Å²) < 4.78 is 5.60. The third kappa shape index (κ3) is 5.20. The minimum atomic E-state index is 0.0198. The summed E-state index contributed by atoms with van der Waals surface area (Å²) >= 11 is 0. The molecule has 0 amide bonds. The van der Waals surface area contributed by atoms with Gasteiger partial charge in [0.05, 0.1) is 12.8 Å². The van der Waals surface area contributed by atoms with E-state index in [0.29, 0.717) is 6.61 Å². The van der Waals surface area contributed by atoms with Crippen molar-refractivity contribution in [2.45, 2.75) is 38.6 Å². The second-order valence-corrected chi connectivity index (χ2v) is 5.29. The number of hydrogen-bond donors (Lipinski definition) is 1. The lowest BCUT2D eigenvalue weighted by Gasteiger charge is -2.13. The van der Waals surface area contributed by atoms with Gasteiger partial charge in [-0.3, -0.25) is 4.98 Å². The second-order valence-electron chi connectivity index (χ2n) is 5.29. The van der Waals surface area contributed by atoms with Gasteiger partial charge in [-0.05, 0) is 42.9 Å². The van der Waals surface area contributed by atoms with Crippen molar-refractivity contribution in [3.63, 3.8) is 0 Å². The fraction of sp³-hybridized carbons (Fsp3) is 0.389. The molecule has 1 heterocycles. The minimum absolute atomic E-state index is 0.0198. The first-order valence-electron chi connectivity index (χ1n) is 7.67. The molecule has 2 rings (SSSR count). The number of nitrogens with two attached hydrogens (primary N) is 1. The van der Waals surface area contributed by atoms with Gasteiger partial charge >= 0.3 is 0 Å². The Hall–Kier alpha value is -1.87. The molecule has 21 heavy (non-hydrogen) atoms. The Kier molecular flexibility index (Phi) is 6.22. The molecule has 3 nitrogen and oxygen atoms in total. The van der Waals surface area contributed by atoms with Crippen molar-refractivity contribution in [2.75, 3.05) is 6.61 Å². The van der Waals surface area contributed by atoms with Crippen LogP contribution in [0.3, 0.4) is 0 Å². The van der Waals surface area contributed by atoms with E-state index in [2.05, 4.69) is 36.2 Å². The van der Waals surface area contributed by atoms with Crippen LogP contribution in [0, 0.1) is 0 Å². The average Bonchev–Trinajstić information content (AvgIpc) is 2.54. The highest BCUT2D eigenvalue weighted by atomic mass is 16.5. The molecule has 2 aromatic rings. The monoisotopic (exact) mass is 284 g/mol. The summed E-state index contributed by atoms with van der Waals surface area (Å²) in [4.78, 5) is 4.22. The van der Waals surface area contributed by atoms with Gasteiger partial charge in [-0.25, -0.2) is 0 Å². The molecular weight excluding hydrogens is 260 g/mol. The first kappa shape index (κ1) is 15.5. The summed E-state index contributed by atoms with van der Waals surface area (Å²) in [6, 6.07) is 12.5. The molecule has 0 aliphatic carbocycles. The Labute approximate surface area is 127 Å². The van der Waals surface area contributed by atoms with E-state index >= 15 is 0 Å². The molecule has 0 aliphatic heterocycles. The SMILES string of the molecule is CCCOc1cncc(C(N)CCCc2ccccc2)c1. The molecule has 0 radical (unpaired) electrons. The van der Waals surface area contributed by atoms with Crippen molar-refractivity contribution >= 4 is 0 Å². The van der Waals surface area contributed by atoms with Gasteiger partial charge < -0.3 is 10.5 Å². The number of rotatable bonds is 8. The molecule has 0 fully saturated rings. The van der Waals surface area contributed by atoms with Gasteiger partial charge in [-0.15, -0.1) is 0 Å². The first-order valence-corrected chi connectivity index (χ1v) is 7.67. The zero-order valence-corrected chi connectivity index (χ0v) is 12.7. The van der Waals surface area contributed by atoms with Crippen molar-refractivity contribution in [2.24, 2.45) is 5.73 Å². The predicted octanol–water partition coefficient (Wildman–Crippen LogP) is 3.89. The predicted molar refractivity (Wildman–Crippen MR) is 86.3 cm³/mol. The highest BCUT2D eigenvalue weighted by Crippen LogP contribution is 2.20. The molecule has 112 valence electrons. The smallest absolute Gasteiger partial charge is 0.137 e. The van der Waals surface area contributed by atoms with Crippen LogP contribution >= 0.6 is 0 Å². The van der Waals surface area contributed by atoms with E-state index in [1.165, 1.54) is 5.56 Å². The fourth-order valence-electron chi connectivity index (χ4n) is 2.27. The highest BCUT2D eigenvalue weighted by molar-refractivity contribution is 5.25. The topological polar surface area (TPSA) is 48.1 Å². The van der Waals surface area contributed by atoms with Gasteiger partial charge in [0.25, 0.3) is 0 Å². The van der Waals surface area contributed by atoms with E-state index in [9.17, 15) is 0 Å². The number of nitrogens with zero attached hydrogens (tertiary/aromatic N) is 1.